The number of nitrogens with zero attached hydrogens (tertiary/aromatic N) is 5. The van der Waals surface area contributed by atoms with Crippen LogP contribution < -0.4 is 5.32 Å². The number of aryl methyl sites for hydroxylation is 2. The van der Waals surface area contributed by atoms with Crippen molar-refractivity contribution in [1.82, 2.24) is 29.9 Å². The molecule has 0 bridgehead atoms. The molecule has 9 heteroatoms. The zero-order valence-corrected chi connectivity index (χ0v) is 14.8. The fourth-order valence-electron chi connectivity index (χ4n) is 2.91. The molecule has 1 N–H and O–H groups in total. The van der Waals surface area contributed by atoms with Gasteiger partial charge in [0.15, 0.2) is 5.82 Å². The molecular formula is C15H21ClN6O2. The molecule has 1 unspecified atom stereocenters. The van der Waals surface area contributed by atoms with Gasteiger partial charge < -0.3 is 10.1 Å². The highest BCUT2D eigenvalue weighted by atomic mass is 35.5. The Hall–Kier alpha value is -1.93. The highest BCUT2D eigenvalue weighted by molar-refractivity contribution is 6.31. The number of ether oxygens (including phenoxy) is 1. The Morgan fingerprint density at radius 1 is 1.42 bits per heavy atom. The number of carbonyl (C=O) groups excluding carboxylic acids is 1. The second-order valence-corrected chi connectivity index (χ2v) is 6.38. The van der Waals surface area contributed by atoms with Crippen LogP contribution in [0.3, 0.4) is 0 Å². The van der Waals surface area contributed by atoms with Crippen LogP contribution in [0.25, 0.3) is 0 Å². The topological polar surface area (TPSA) is 86.9 Å². The van der Waals surface area contributed by atoms with Crippen LogP contribution >= 0.6 is 11.6 Å². The molecule has 0 fully saturated rings. The van der Waals surface area contributed by atoms with Crippen molar-refractivity contribution in [3.63, 3.8) is 0 Å². The third kappa shape index (κ3) is 3.44. The Bertz CT molecular complexity index is 753. The largest absolute Gasteiger partial charge is 0.377 e. The van der Waals surface area contributed by atoms with Crippen LogP contribution in [0.1, 0.15) is 29.5 Å². The van der Waals surface area contributed by atoms with Crippen LogP contribution in [0.2, 0.25) is 5.02 Å². The summed E-state index contributed by atoms with van der Waals surface area (Å²) in [5.41, 5.74) is 1.54. The Labute approximate surface area is 145 Å². The van der Waals surface area contributed by atoms with Crippen LogP contribution in [0.5, 0.6) is 0 Å². The van der Waals surface area contributed by atoms with Crippen molar-refractivity contribution in [3.05, 3.63) is 28.1 Å². The lowest BCUT2D eigenvalue weighted by atomic mass is 10.1. The van der Waals surface area contributed by atoms with Gasteiger partial charge >= 0.3 is 0 Å². The van der Waals surface area contributed by atoms with Gasteiger partial charge in [0.05, 0.1) is 23.0 Å². The second-order valence-electron chi connectivity index (χ2n) is 6.00. The van der Waals surface area contributed by atoms with Crippen molar-refractivity contribution in [2.24, 2.45) is 0 Å². The summed E-state index contributed by atoms with van der Waals surface area (Å²) in [4.78, 5) is 16.7. The maximum absolute atomic E-state index is 12.3. The lowest BCUT2D eigenvalue weighted by Gasteiger charge is -2.23. The molecule has 0 spiro atoms. The van der Waals surface area contributed by atoms with Crippen molar-refractivity contribution in [2.45, 2.75) is 52.4 Å². The monoisotopic (exact) mass is 352 g/mol. The Balaban J connectivity index is 1.60. The summed E-state index contributed by atoms with van der Waals surface area (Å²) in [7, 11) is 1.62. The minimum absolute atomic E-state index is 0.0366. The van der Waals surface area contributed by atoms with Gasteiger partial charge in [0.25, 0.3) is 0 Å². The molecule has 1 aliphatic heterocycles. The molecule has 2 aromatic heterocycles. The molecular weight excluding hydrogens is 332 g/mol. The van der Waals surface area contributed by atoms with Gasteiger partial charge in [-0.15, -0.1) is 0 Å². The van der Waals surface area contributed by atoms with Crippen LogP contribution in [-0.2, 0) is 35.6 Å². The third-order valence-corrected chi connectivity index (χ3v) is 4.67. The van der Waals surface area contributed by atoms with Crippen molar-refractivity contribution in [2.75, 3.05) is 7.11 Å². The quantitative estimate of drug-likeness (QED) is 0.868. The maximum Gasteiger partial charge on any atom is 0.242 e. The average molecular weight is 353 g/mol. The zero-order valence-electron chi connectivity index (χ0n) is 14.0. The lowest BCUT2D eigenvalue weighted by Crippen LogP contribution is -2.42. The molecule has 1 aliphatic rings. The molecule has 0 saturated carbocycles. The Kier molecular flexibility index (Phi) is 4.86. The van der Waals surface area contributed by atoms with Gasteiger partial charge in [0.1, 0.15) is 19.0 Å². The highest BCUT2D eigenvalue weighted by Crippen LogP contribution is 2.19. The van der Waals surface area contributed by atoms with Gasteiger partial charge in [-0.05, 0) is 20.3 Å². The normalized spacial score (nSPS) is 16.9. The molecule has 24 heavy (non-hydrogen) atoms. The van der Waals surface area contributed by atoms with Crippen molar-refractivity contribution in [1.29, 1.82) is 0 Å². The van der Waals surface area contributed by atoms with E-state index in [9.17, 15) is 4.79 Å². The van der Waals surface area contributed by atoms with E-state index in [0.717, 1.165) is 30.1 Å². The summed E-state index contributed by atoms with van der Waals surface area (Å²) in [5.74, 6) is 1.54. The van der Waals surface area contributed by atoms with Gasteiger partial charge in [-0.3, -0.25) is 9.48 Å². The first-order valence-electron chi connectivity index (χ1n) is 7.88. The molecule has 130 valence electrons. The molecule has 0 radical (unpaired) electrons. The number of hydrogen-bond acceptors (Lipinski definition) is 5. The minimum Gasteiger partial charge on any atom is -0.377 e. The molecule has 0 aromatic carbocycles. The fraction of sp³-hybridized carbons (Fsp3) is 0.600. The molecule has 3 heterocycles. The van der Waals surface area contributed by atoms with Crippen molar-refractivity contribution < 1.29 is 9.53 Å². The Morgan fingerprint density at radius 2 is 2.21 bits per heavy atom. The summed E-state index contributed by atoms with van der Waals surface area (Å²) in [5, 5.41) is 12.3. The Morgan fingerprint density at radius 3 is 2.88 bits per heavy atom. The number of aromatic nitrogens is 5. The number of halogens is 1. The minimum atomic E-state index is -0.0806. The highest BCUT2D eigenvalue weighted by Gasteiger charge is 2.23. The molecule has 2 aromatic rings. The van der Waals surface area contributed by atoms with Crippen LogP contribution in [-0.4, -0.2) is 43.6 Å². The summed E-state index contributed by atoms with van der Waals surface area (Å²) in [6, 6.07) is 0.0366. The van der Waals surface area contributed by atoms with E-state index in [1.54, 1.807) is 11.8 Å². The lowest BCUT2D eigenvalue weighted by molar-refractivity contribution is -0.122. The second kappa shape index (κ2) is 6.90. The molecule has 1 amide bonds. The van der Waals surface area contributed by atoms with E-state index in [2.05, 4.69) is 20.5 Å². The van der Waals surface area contributed by atoms with Gasteiger partial charge in [0, 0.05) is 19.6 Å². The van der Waals surface area contributed by atoms with E-state index in [1.165, 1.54) is 0 Å². The number of rotatable bonds is 5. The van der Waals surface area contributed by atoms with E-state index in [0.29, 0.717) is 24.0 Å². The van der Waals surface area contributed by atoms with E-state index in [-0.39, 0.29) is 18.5 Å². The first-order valence-corrected chi connectivity index (χ1v) is 8.26. The molecule has 0 saturated heterocycles. The number of nitrogens with one attached hydrogen (secondary N) is 1. The van der Waals surface area contributed by atoms with Gasteiger partial charge in [0.2, 0.25) is 5.91 Å². The summed E-state index contributed by atoms with van der Waals surface area (Å²) in [6.07, 6.45) is 1.63. The van der Waals surface area contributed by atoms with Gasteiger partial charge in [-0.1, -0.05) is 11.6 Å². The average Bonchev–Trinajstić information content (AvgIpc) is 3.03. The number of carbonyl (C=O) groups is 1. The number of methoxy groups -OCH3 is 1. The SMILES string of the molecule is COCc1nc2n(n1)CC(NC(=O)Cn1nc(C)c(Cl)c1C)CC2. The maximum atomic E-state index is 12.3. The van der Waals surface area contributed by atoms with E-state index in [4.69, 9.17) is 16.3 Å². The van der Waals surface area contributed by atoms with E-state index in [1.807, 2.05) is 18.5 Å². The fourth-order valence-corrected chi connectivity index (χ4v) is 3.04. The number of hydrogen-bond donors (Lipinski definition) is 1. The zero-order chi connectivity index (χ0) is 17.3. The van der Waals surface area contributed by atoms with Crippen LogP contribution in [0.15, 0.2) is 0 Å². The first-order chi connectivity index (χ1) is 11.5. The first kappa shape index (κ1) is 16.9. The van der Waals surface area contributed by atoms with Gasteiger partial charge in [-0.2, -0.15) is 10.2 Å². The summed E-state index contributed by atoms with van der Waals surface area (Å²) in [6.45, 7) is 4.87. The van der Waals surface area contributed by atoms with Gasteiger partial charge in [-0.25, -0.2) is 9.67 Å². The number of amides is 1. The summed E-state index contributed by atoms with van der Waals surface area (Å²) >= 11 is 6.11. The van der Waals surface area contributed by atoms with E-state index >= 15 is 0 Å². The molecule has 8 nitrogen and oxygen atoms in total. The van der Waals surface area contributed by atoms with Crippen molar-refractivity contribution in [3.8, 4) is 0 Å². The third-order valence-electron chi connectivity index (χ3n) is 4.13. The van der Waals surface area contributed by atoms with E-state index < -0.39 is 0 Å². The van der Waals surface area contributed by atoms with Crippen LogP contribution in [0, 0.1) is 13.8 Å². The standard InChI is InChI=1S/C15H21ClN6O2/c1-9-15(16)10(2)21(19-9)7-14(23)17-11-4-5-13-18-12(8-24-3)20-22(13)6-11/h11H,4-8H2,1-3H3,(H,17,23). The number of fused-ring (bicyclic) bond motifs is 1. The summed E-state index contributed by atoms with van der Waals surface area (Å²) < 4.78 is 8.54. The van der Waals surface area contributed by atoms with Crippen LogP contribution in [0.4, 0.5) is 0 Å². The predicted octanol–water partition coefficient (Wildman–Crippen LogP) is 1.02. The molecule has 0 aliphatic carbocycles. The predicted molar refractivity (Wildman–Crippen MR) is 87.7 cm³/mol. The molecule has 3 rings (SSSR count). The van der Waals surface area contributed by atoms with Crippen molar-refractivity contribution >= 4 is 17.5 Å². The smallest absolute Gasteiger partial charge is 0.242 e. The molecule has 1 atom stereocenters.